The highest BCUT2D eigenvalue weighted by molar-refractivity contribution is 5.63. The van der Waals surface area contributed by atoms with Gasteiger partial charge in [-0.2, -0.15) is 0 Å². The minimum atomic E-state index is 0.581. The van der Waals surface area contributed by atoms with Crippen LogP contribution in [0.2, 0.25) is 0 Å². The number of hydrogen-bond donors (Lipinski definition) is 2. The second kappa shape index (κ2) is 2.89. The first-order chi connectivity index (χ1) is 6.88. The molecule has 1 saturated heterocycles. The molecule has 2 unspecified atom stereocenters. The van der Waals surface area contributed by atoms with Gasteiger partial charge in [0.05, 0.1) is 7.11 Å². The van der Waals surface area contributed by atoms with Gasteiger partial charge in [-0.25, -0.2) is 0 Å². The predicted molar refractivity (Wildman–Crippen MR) is 56.0 cm³/mol. The van der Waals surface area contributed by atoms with Gasteiger partial charge in [0, 0.05) is 36.8 Å². The molecule has 2 aliphatic rings. The summed E-state index contributed by atoms with van der Waals surface area (Å²) in [5, 5.41) is 6.93. The lowest BCUT2D eigenvalue weighted by atomic mass is 9.98. The first-order valence-corrected chi connectivity index (χ1v) is 5.03. The topological polar surface area (TPSA) is 33.3 Å². The number of fused-ring (bicyclic) bond motifs is 3. The highest BCUT2D eigenvalue weighted by Gasteiger charge is 2.35. The number of hydrogen-bond acceptors (Lipinski definition) is 3. The molecule has 0 radical (unpaired) electrons. The van der Waals surface area contributed by atoms with E-state index in [1.54, 1.807) is 7.11 Å². The van der Waals surface area contributed by atoms with E-state index in [2.05, 4.69) is 22.8 Å². The maximum absolute atomic E-state index is 5.21. The van der Waals surface area contributed by atoms with E-state index in [1.807, 2.05) is 6.07 Å². The predicted octanol–water partition coefficient (Wildman–Crippen LogP) is 1.18. The third kappa shape index (κ3) is 1.02. The standard InChI is InChI=1S/C11H14N2O/c1-14-7-2-3-8-9-5-12-6-11(9)13-10(8)4-7/h2-4,9,11-13H,5-6H2,1H3. The Bertz CT molecular complexity index is 364. The van der Waals surface area contributed by atoms with Crippen LogP contribution in [0, 0.1) is 0 Å². The van der Waals surface area contributed by atoms with E-state index >= 15 is 0 Å². The highest BCUT2D eigenvalue weighted by atomic mass is 16.5. The van der Waals surface area contributed by atoms with E-state index in [0.29, 0.717) is 12.0 Å². The Morgan fingerprint density at radius 1 is 1.36 bits per heavy atom. The van der Waals surface area contributed by atoms with E-state index in [4.69, 9.17) is 4.74 Å². The summed E-state index contributed by atoms with van der Waals surface area (Å²) in [5.41, 5.74) is 2.68. The molecule has 0 aliphatic carbocycles. The van der Waals surface area contributed by atoms with Crippen LogP contribution in [0.5, 0.6) is 5.75 Å². The minimum Gasteiger partial charge on any atom is -0.497 e. The van der Waals surface area contributed by atoms with Gasteiger partial charge >= 0.3 is 0 Å². The van der Waals surface area contributed by atoms with Gasteiger partial charge < -0.3 is 15.4 Å². The third-order valence-corrected chi connectivity index (χ3v) is 3.22. The van der Waals surface area contributed by atoms with E-state index in [-0.39, 0.29) is 0 Å². The zero-order chi connectivity index (χ0) is 9.54. The molecular formula is C11H14N2O. The van der Waals surface area contributed by atoms with E-state index in [9.17, 15) is 0 Å². The van der Waals surface area contributed by atoms with Gasteiger partial charge in [-0.3, -0.25) is 0 Å². The number of anilines is 1. The Morgan fingerprint density at radius 3 is 3.14 bits per heavy atom. The van der Waals surface area contributed by atoms with Crippen LogP contribution in [0.1, 0.15) is 11.5 Å². The van der Waals surface area contributed by atoms with E-state index < -0.39 is 0 Å². The highest BCUT2D eigenvalue weighted by Crippen LogP contribution is 2.39. The van der Waals surface area contributed by atoms with Gasteiger partial charge in [0.2, 0.25) is 0 Å². The quantitative estimate of drug-likeness (QED) is 0.697. The largest absolute Gasteiger partial charge is 0.497 e. The first kappa shape index (κ1) is 8.12. The number of rotatable bonds is 1. The molecule has 1 fully saturated rings. The third-order valence-electron chi connectivity index (χ3n) is 3.22. The van der Waals surface area contributed by atoms with Crippen LogP contribution >= 0.6 is 0 Å². The molecule has 3 heteroatoms. The van der Waals surface area contributed by atoms with Crippen LogP contribution < -0.4 is 15.4 Å². The molecule has 1 aromatic carbocycles. The van der Waals surface area contributed by atoms with E-state index in [0.717, 1.165) is 18.8 Å². The number of ether oxygens (including phenoxy) is 1. The molecule has 1 aromatic rings. The summed E-state index contributed by atoms with van der Waals surface area (Å²) in [4.78, 5) is 0. The molecule has 0 saturated carbocycles. The Hall–Kier alpha value is -1.22. The average Bonchev–Trinajstić information content (AvgIpc) is 2.75. The second-order valence-electron chi connectivity index (χ2n) is 3.97. The van der Waals surface area contributed by atoms with E-state index in [1.165, 1.54) is 11.3 Å². The van der Waals surface area contributed by atoms with Gasteiger partial charge in [0.25, 0.3) is 0 Å². The summed E-state index contributed by atoms with van der Waals surface area (Å²) < 4.78 is 5.21. The molecule has 2 atom stereocenters. The number of benzene rings is 1. The molecule has 74 valence electrons. The van der Waals surface area contributed by atoms with Crippen molar-refractivity contribution in [2.24, 2.45) is 0 Å². The van der Waals surface area contributed by atoms with Crippen LogP contribution in [0.3, 0.4) is 0 Å². The minimum absolute atomic E-state index is 0.581. The summed E-state index contributed by atoms with van der Waals surface area (Å²) in [5.74, 6) is 1.58. The summed E-state index contributed by atoms with van der Waals surface area (Å²) in [6.45, 7) is 2.17. The fourth-order valence-corrected chi connectivity index (χ4v) is 2.47. The molecule has 0 spiro atoms. The van der Waals surface area contributed by atoms with Gasteiger partial charge in [-0.1, -0.05) is 6.07 Å². The first-order valence-electron chi connectivity index (χ1n) is 5.03. The van der Waals surface area contributed by atoms with Crippen LogP contribution in [-0.4, -0.2) is 26.2 Å². The van der Waals surface area contributed by atoms with Crippen molar-refractivity contribution in [1.82, 2.24) is 5.32 Å². The van der Waals surface area contributed by atoms with Crippen LogP contribution in [0.25, 0.3) is 0 Å². The van der Waals surface area contributed by atoms with Crippen molar-refractivity contribution in [2.45, 2.75) is 12.0 Å². The van der Waals surface area contributed by atoms with Crippen molar-refractivity contribution >= 4 is 5.69 Å². The fraction of sp³-hybridized carbons (Fsp3) is 0.455. The Labute approximate surface area is 83.5 Å². The van der Waals surface area contributed by atoms with Crippen LogP contribution in [-0.2, 0) is 0 Å². The van der Waals surface area contributed by atoms with Crippen molar-refractivity contribution in [2.75, 3.05) is 25.5 Å². The summed E-state index contributed by atoms with van der Waals surface area (Å²) in [6, 6.07) is 6.89. The lowest BCUT2D eigenvalue weighted by Crippen LogP contribution is -2.20. The molecule has 0 aromatic heterocycles. The summed E-state index contributed by atoms with van der Waals surface area (Å²) in [6.07, 6.45) is 0. The zero-order valence-corrected chi connectivity index (χ0v) is 8.21. The molecule has 3 rings (SSSR count). The average molecular weight is 190 g/mol. The molecule has 0 bridgehead atoms. The Morgan fingerprint density at radius 2 is 2.29 bits per heavy atom. The SMILES string of the molecule is COc1ccc2c(c1)NC1CNCC21. The molecule has 0 amide bonds. The van der Waals surface area contributed by atoms with Gasteiger partial charge in [-0.15, -0.1) is 0 Å². The summed E-state index contributed by atoms with van der Waals surface area (Å²) >= 11 is 0. The van der Waals surface area contributed by atoms with Gasteiger partial charge in [0.15, 0.2) is 0 Å². The monoisotopic (exact) mass is 190 g/mol. The van der Waals surface area contributed by atoms with Crippen LogP contribution in [0.4, 0.5) is 5.69 Å². The van der Waals surface area contributed by atoms with Gasteiger partial charge in [0.1, 0.15) is 5.75 Å². The second-order valence-corrected chi connectivity index (χ2v) is 3.97. The Balaban J connectivity index is 2.01. The Kier molecular flexibility index (Phi) is 1.67. The van der Waals surface area contributed by atoms with Crippen molar-refractivity contribution in [1.29, 1.82) is 0 Å². The van der Waals surface area contributed by atoms with Crippen molar-refractivity contribution < 1.29 is 4.74 Å². The lowest BCUT2D eigenvalue weighted by Gasteiger charge is -2.06. The maximum Gasteiger partial charge on any atom is 0.120 e. The molecule has 14 heavy (non-hydrogen) atoms. The van der Waals surface area contributed by atoms with Crippen molar-refractivity contribution in [3.63, 3.8) is 0 Å². The smallest absolute Gasteiger partial charge is 0.120 e. The number of nitrogens with one attached hydrogen (secondary N) is 2. The molecule has 2 aliphatic heterocycles. The molecular weight excluding hydrogens is 176 g/mol. The fourth-order valence-electron chi connectivity index (χ4n) is 2.47. The summed E-state index contributed by atoms with van der Waals surface area (Å²) in [7, 11) is 1.71. The molecule has 2 heterocycles. The molecule has 3 nitrogen and oxygen atoms in total. The van der Waals surface area contributed by atoms with Crippen LogP contribution in [0.15, 0.2) is 18.2 Å². The maximum atomic E-state index is 5.21. The normalized spacial score (nSPS) is 28.1. The zero-order valence-electron chi connectivity index (χ0n) is 8.21. The van der Waals surface area contributed by atoms with Crippen molar-refractivity contribution in [3.8, 4) is 5.75 Å². The van der Waals surface area contributed by atoms with Crippen molar-refractivity contribution in [3.05, 3.63) is 23.8 Å². The lowest BCUT2D eigenvalue weighted by molar-refractivity contribution is 0.415. The molecule has 2 N–H and O–H groups in total. The van der Waals surface area contributed by atoms with Gasteiger partial charge in [-0.05, 0) is 11.6 Å². The number of methoxy groups -OCH3 is 1.